The SMILES string of the molecule is O=C(CCBr)NC[C@H]1O[C@@H](n2cc(Cc3ccc(C4CC4)cc3)c3c(Cl)cccc32)[C@H](O)[C@@H](O)[C@@H]1O. The zero-order valence-electron chi connectivity index (χ0n) is 19.7. The van der Waals surface area contributed by atoms with Gasteiger partial charge in [0.25, 0.3) is 0 Å². The van der Waals surface area contributed by atoms with E-state index in [1.807, 2.05) is 24.4 Å². The number of nitrogens with one attached hydrogen (secondary N) is 1. The number of hydrogen-bond donors (Lipinski definition) is 4. The molecule has 1 aliphatic heterocycles. The Morgan fingerprint density at radius 1 is 1.08 bits per heavy atom. The highest BCUT2D eigenvalue weighted by Crippen LogP contribution is 2.40. The molecule has 5 atom stereocenters. The molecular weight excluding hydrogens is 548 g/mol. The second-order valence-electron chi connectivity index (χ2n) is 9.67. The molecule has 2 heterocycles. The summed E-state index contributed by atoms with van der Waals surface area (Å²) in [7, 11) is 0. The third-order valence-electron chi connectivity index (χ3n) is 7.09. The lowest BCUT2D eigenvalue weighted by molar-refractivity contribution is -0.242. The number of hydrogen-bond acceptors (Lipinski definition) is 5. The van der Waals surface area contributed by atoms with Gasteiger partial charge in [-0.25, -0.2) is 0 Å². The molecule has 1 aromatic heterocycles. The first-order chi connectivity index (χ1) is 17.4. The molecule has 7 nitrogen and oxygen atoms in total. The third kappa shape index (κ3) is 5.21. The smallest absolute Gasteiger partial charge is 0.220 e. The summed E-state index contributed by atoms with van der Waals surface area (Å²) >= 11 is 9.85. The van der Waals surface area contributed by atoms with Crippen LogP contribution in [0.25, 0.3) is 10.9 Å². The molecule has 1 amide bonds. The van der Waals surface area contributed by atoms with E-state index in [-0.39, 0.29) is 18.9 Å². The number of amides is 1. The molecule has 0 spiro atoms. The van der Waals surface area contributed by atoms with Crippen molar-refractivity contribution in [2.24, 2.45) is 0 Å². The van der Waals surface area contributed by atoms with Crippen LogP contribution in [0, 0.1) is 0 Å². The summed E-state index contributed by atoms with van der Waals surface area (Å²) in [5.74, 6) is 0.493. The summed E-state index contributed by atoms with van der Waals surface area (Å²) in [6.45, 7) is 0.00738. The number of alkyl halides is 1. The van der Waals surface area contributed by atoms with E-state index in [0.717, 1.165) is 22.0 Å². The van der Waals surface area contributed by atoms with Crippen LogP contribution in [0.5, 0.6) is 0 Å². The number of nitrogens with zero attached hydrogens (tertiary/aromatic N) is 1. The van der Waals surface area contributed by atoms with E-state index in [1.54, 1.807) is 4.57 Å². The van der Waals surface area contributed by atoms with Crippen molar-refractivity contribution in [1.29, 1.82) is 0 Å². The molecule has 0 bridgehead atoms. The lowest BCUT2D eigenvalue weighted by Gasteiger charge is -2.41. The Balaban J connectivity index is 1.44. The summed E-state index contributed by atoms with van der Waals surface area (Å²) in [5.41, 5.74) is 4.24. The fourth-order valence-corrected chi connectivity index (χ4v) is 5.61. The second-order valence-corrected chi connectivity index (χ2v) is 10.9. The zero-order chi connectivity index (χ0) is 25.4. The lowest BCUT2D eigenvalue weighted by atomic mass is 9.97. The molecule has 0 unspecified atom stereocenters. The first kappa shape index (κ1) is 25.7. The van der Waals surface area contributed by atoms with E-state index >= 15 is 0 Å². The molecule has 1 saturated heterocycles. The number of carbonyl (C=O) groups is 1. The second kappa shape index (κ2) is 10.8. The fourth-order valence-electron chi connectivity index (χ4n) is 4.95. The number of aliphatic hydroxyl groups excluding tert-OH is 3. The van der Waals surface area contributed by atoms with E-state index < -0.39 is 30.6 Å². The molecule has 1 aliphatic carbocycles. The molecule has 0 radical (unpaired) electrons. The minimum Gasteiger partial charge on any atom is -0.388 e. The number of benzene rings is 2. The fraction of sp³-hybridized carbons (Fsp3) is 0.444. The highest BCUT2D eigenvalue weighted by molar-refractivity contribution is 9.09. The van der Waals surface area contributed by atoms with Crippen LogP contribution in [-0.2, 0) is 16.0 Å². The number of halogens is 2. The maximum absolute atomic E-state index is 11.9. The van der Waals surface area contributed by atoms with Crippen molar-refractivity contribution >= 4 is 44.3 Å². The molecule has 2 aromatic carbocycles. The van der Waals surface area contributed by atoms with Crippen LogP contribution in [0.4, 0.5) is 0 Å². The largest absolute Gasteiger partial charge is 0.388 e. The molecule has 5 rings (SSSR count). The number of ether oxygens (including phenoxy) is 1. The monoisotopic (exact) mass is 576 g/mol. The molecule has 192 valence electrons. The third-order valence-corrected chi connectivity index (χ3v) is 7.80. The van der Waals surface area contributed by atoms with Gasteiger partial charge in [-0.2, -0.15) is 0 Å². The highest BCUT2D eigenvalue weighted by Gasteiger charge is 2.45. The van der Waals surface area contributed by atoms with Gasteiger partial charge in [0.15, 0.2) is 6.23 Å². The summed E-state index contributed by atoms with van der Waals surface area (Å²) < 4.78 is 7.86. The van der Waals surface area contributed by atoms with Gasteiger partial charge in [0.1, 0.15) is 24.4 Å². The van der Waals surface area contributed by atoms with Crippen LogP contribution < -0.4 is 5.32 Å². The van der Waals surface area contributed by atoms with Gasteiger partial charge in [-0.15, -0.1) is 0 Å². The van der Waals surface area contributed by atoms with Crippen LogP contribution in [0.3, 0.4) is 0 Å². The summed E-state index contributed by atoms with van der Waals surface area (Å²) in [6, 6.07) is 14.2. The van der Waals surface area contributed by atoms with Gasteiger partial charge in [0.2, 0.25) is 5.91 Å². The average Bonchev–Trinajstić information content (AvgIpc) is 3.65. The van der Waals surface area contributed by atoms with Crippen molar-refractivity contribution in [2.75, 3.05) is 11.9 Å². The zero-order valence-corrected chi connectivity index (χ0v) is 22.0. The van der Waals surface area contributed by atoms with Crippen molar-refractivity contribution < 1.29 is 24.9 Å². The van der Waals surface area contributed by atoms with Crippen molar-refractivity contribution in [3.05, 3.63) is 70.4 Å². The van der Waals surface area contributed by atoms with E-state index in [2.05, 4.69) is 45.5 Å². The minimum atomic E-state index is -1.45. The Kier molecular flexibility index (Phi) is 7.72. The van der Waals surface area contributed by atoms with Gasteiger partial charge in [-0.05, 0) is 54.0 Å². The lowest BCUT2D eigenvalue weighted by Crippen LogP contribution is -2.58. The summed E-state index contributed by atoms with van der Waals surface area (Å²) in [5, 5.41) is 36.7. The molecule has 2 aliphatic rings. The van der Waals surface area contributed by atoms with Crippen molar-refractivity contribution in [1.82, 2.24) is 9.88 Å². The maximum Gasteiger partial charge on any atom is 0.220 e. The highest BCUT2D eigenvalue weighted by atomic mass is 79.9. The summed E-state index contributed by atoms with van der Waals surface area (Å²) in [4.78, 5) is 11.9. The molecule has 1 saturated carbocycles. The van der Waals surface area contributed by atoms with E-state index in [9.17, 15) is 20.1 Å². The normalized spacial score (nSPS) is 26.3. The molecule has 4 N–H and O–H groups in total. The number of carbonyl (C=O) groups excluding carboxylic acids is 1. The average molecular weight is 578 g/mol. The predicted molar refractivity (Wildman–Crippen MR) is 142 cm³/mol. The molecule has 2 fully saturated rings. The Labute approximate surface area is 223 Å². The first-order valence-electron chi connectivity index (χ1n) is 12.3. The van der Waals surface area contributed by atoms with Crippen molar-refractivity contribution in [3.63, 3.8) is 0 Å². The number of aromatic nitrogens is 1. The van der Waals surface area contributed by atoms with Gasteiger partial charge in [0.05, 0.1) is 10.5 Å². The molecule has 9 heteroatoms. The topological polar surface area (TPSA) is 104 Å². The van der Waals surface area contributed by atoms with Gasteiger partial charge in [-0.3, -0.25) is 4.79 Å². The van der Waals surface area contributed by atoms with Crippen molar-refractivity contribution in [2.45, 2.75) is 62.2 Å². The standard InChI is InChI=1S/C27H30BrClN2O5/c28-11-10-22(32)30-13-21-24(33)25(34)26(35)27(36-21)31-14-18(23-19(29)2-1-3-20(23)31)12-15-4-6-16(7-5-15)17-8-9-17/h1-7,14,17,21,24-27,33-35H,8-13H2,(H,30,32)/t21-,24-,25+,26-,27-/m1/s1. The number of rotatable bonds is 8. The first-order valence-corrected chi connectivity index (χ1v) is 13.8. The Bertz CT molecular complexity index is 1230. The van der Waals surface area contributed by atoms with Gasteiger partial charge in [-0.1, -0.05) is 57.9 Å². The summed E-state index contributed by atoms with van der Waals surface area (Å²) in [6.07, 6.45) is -0.731. The predicted octanol–water partition coefficient (Wildman–Crippen LogP) is 3.64. The van der Waals surface area contributed by atoms with E-state index in [0.29, 0.717) is 22.7 Å². The minimum absolute atomic E-state index is 0.00738. The molecule has 36 heavy (non-hydrogen) atoms. The van der Waals surface area contributed by atoms with Gasteiger partial charge >= 0.3 is 0 Å². The van der Waals surface area contributed by atoms with Crippen molar-refractivity contribution in [3.8, 4) is 0 Å². The van der Waals surface area contributed by atoms with Crippen LogP contribution in [-0.4, -0.2) is 62.1 Å². The number of fused-ring (bicyclic) bond motifs is 1. The molecular formula is C27H30BrClN2O5. The Morgan fingerprint density at radius 2 is 1.83 bits per heavy atom. The maximum atomic E-state index is 11.9. The van der Waals surface area contributed by atoms with E-state index in [1.165, 1.54) is 18.4 Å². The van der Waals surface area contributed by atoms with Gasteiger partial charge in [0, 0.05) is 29.9 Å². The van der Waals surface area contributed by atoms with Crippen LogP contribution in [0.2, 0.25) is 5.02 Å². The Hall–Kier alpha value is -1.94. The van der Waals surface area contributed by atoms with Crippen LogP contribution in [0.1, 0.15) is 48.1 Å². The Morgan fingerprint density at radius 3 is 2.53 bits per heavy atom. The quantitative estimate of drug-likeness (QED) is 0.306. The van der Waals surface area contributed by atoms with Crippen LogP contribution in [0.15, 0.2) is 48.7 Å². The molecule has 3 aromatic rings. The van der Waals surface area contributed by atoms with E-state index in [4.69, 9.17) is 16.3 Å². The number of aliphatic hydroxyl groups is 3. The van der Waals surface area contributed by atoms with Crippen LogP contribution >= 0.6 is 27.5 Å². The van der Waals surface area contributed by atoms with Gasteiger partial charge < -0.3 is 29.9 Å².